The van der Waals surface area contributed by atoms with Crippen LogP contribution in [0.25, 0.3) is 0 Å². The average Bonchev–Trinajstić information content (AvgIpc) is 2.40. The maximum atomic E-state index is 13.4. The molecule has 1 rings (SSSR count). The lowest BCUT2D eigenvalue weighted by atomic mass is 10.2. The minimum atomic E-state index is -1.16. The van der Waals surface area contributed by atoms with Crippen molar-refractivity contribution in [2.45, 2.75) is 19.4 Å². The molecule has 0 saturated heterocycles. The molecule has 0 fully saturated rings. The molecular weight excluding hydrogens is 353 g/mol. The van der Waals surface area contributed by atoms with Gasteiger partial charge in [-0.1, -0.05) is 0 Å². The van der Waals surface area contributed by atoms with Crippen LogP contribution in [0.15, 0.2) is 16.6 Å². The number of carboxylic acid groups (broad SMARTS) is 1. The number of hydrogen-bond donors (Lipinski definition) is 1. The monoisotopic (exact) mass is 365 g/mol. The van der Waals surface area contributed by atoms with Crippen molar-refractivity contribution >= 4 is 27.6 Å². The van der Waals surface area contributed by atoms with Crippen LogP contribution >= 0.6 is 15.9 Å². The Morgan fingerprint density at radius 2 is 2.24 bits per heavy atom. The maximum absolute atomic E-state index is 13.4. The quantitative estimate of drug-likeness (QED) is 0.561. The summed E-state index contributed by atoms with van der Waals surface area (Å²) in [7, 11) is 0. The second kappa shape index (κ2) is 7.89. The van der Waals surface area contributed by atoms with E-state index in [-0.39, 0.29) is 29.9 Å². The van der Waals surface area contributed by atoms with Gasteiger partial charge in [0.25, 0.3) is 0 Å². The summed E-state index contributed by atoms with van der Waals surface area (Å²) in [6, 6.07) is 1.86. The van der Waals surface area contributed by atoms with Crippen LogP contribution in [0.1, 0.15) is 13.3 Å². The normalized spacial score (nSPS) is 12.0. The number of halogens is 2. The number of nitrogens with zero attached hydrogens (tertiary/aromatic N) is 1. The summed E-state index contributed by atoms with van der Waals surface area (Å²) in [6.45, 7) is 1.70. The van der Waals surface area contributed by atoms with Crippen LogP contribution in [-0.2, 0) is 9.53 Å². The van der Waals surface area contributed by atoms with E-state index in [0.717, 1.165) is 12.1 Å². The Balaban J connectivity index is 2.77. The van der Waals surface area contributed by atoms with E-state index in [0.29, 0.717) is 0 Å². The number of rotatable bonds is 8. The van der Waals surface area contributed by atoms with E-state index in [1.165, 1.54) is 0 Å². The lowest BCUT2D eigenvalue weighted by molar-refractivity contribution is -0.386. The first-order valence-corrected chi connectivity index (χ1v) is 6.76. The molecule has 0 aliphatic heterocycles. The van der Waals surface area contributed by atoms with Gasteiger partial charge in [-0.15, -0.1) is 0 Å². The van der Waals surface area contributed by atoms with Crippen molar-refractivity contribution in [3.05, 3.63) is 32.5 Å². The van der Waals surface area contributed by atoms with E-state index in [1.54, 1.807) is 6.92 Å². The van der Waals surface area contributed by atoms with Gasteiger partial charge in [0.2, 0.25) is 0 Å². The second-order valence-corrected chi connectivity index (χ2v) is 4.76. The predicted octanol–water partition coefficient (Wildman–Crippen LogP) is 2.76. The average molecular weight is 366 g/mol. The van der Waals surface area contributed by atoms with Gasteiger partial charge in [-0.3, -0.25) is 10.1 Å². The first kappa shape index (κ1) is 17.3. The molecule has 0 spiro atoms. The number of carbonyl (C=O) groups is 1. The van der Waals surface area contributed by atoms with Gasteiger partial charge in [0.05, 0.1) is 16.0 Å². The van der Waals surface area contributed by atoms with E-state index in [9.17, 15) is 19.3 Å². The second-order valence-electron chi connectivity index (χ2n) is 3.91. The van der Waals surface area contributed by atoms with Crippen molar-refractivity contribution in [1.82, 2.24) is 0 Å². The van der Waals surface area contributed by atoms with Gasteiger partial charge in [-0.05, 0) is 22.9 Å². The minimum Gasteiger partial charge on any atom is -0.487 e. The lowest BCUT2D eigenvalue weighted by Gasteiger charge is -2.13. The lowest BCUT2D eigenvalue weighted by Crippen LogP contribution is -2.26. The third-order valence-electron chi connectivity index (χ3n) is 2.48. The minimum absolute atomic E-state index is 0.0159. The van der Waals surface area contributed by atoms with E-state index < -0.39 is 28.5 Å². The molecule has 1 aromatic carbocycles. The van der Waals surface area contributed by atoms with Crippen LogP contribution < -0.4 is 4.74 Å². The smallest absolute Gasteiger partial charge is 0.332 e. The molecule has 0 aliphatic carbocycles. The summed E-state index contributed by atoms with van der Waals surface area (Å²) < 4.78 is 23.4. The summed E-state index contributed by atoms with van der Waals surface area (Å²) in [6.07, 6.45) is -1.09. The van der Waals surface area contributed by atoms with Gasteiger partial charge >= 0.3 is 11.7 Å². The number of nitro benzene ring substituents is 1. The first-order valence-electron chi connectivity index (χ1n) is 5.97. The molecule has 7 nitrogen and oxygen atoms in total. The zero-order chi connectivity index (χ0) is 16.0. The van der Waals surface area contributed by atoms with Crippen LogP contribution in [-0.4, -0.2) is 35.3 Å². The van der Waals surface area contributed by atoms with Crippen LogP contribution in [0.2, 0.25) is 0 Å². The van der Waals surface area contributed by atoms with Crippen LogP contribution in [0, 0.1) is 15.9 Å². The zero-order valence-electron chi connectivity index (χ0n) is 11.0. The topological polar surface area (TPSA) is 98.9 Å². The highest BCUT2D eigenvalue weighted by Gasteiger charge is 2.21. The number of nitro groups is 1. The highest BCUT2D eigenvalue weighted by atomic mass is 79.9. The summed E-state index contributed by atoms with van der Waals surface area (Å²) in [5, 5.41) is 19.7. The molecule has 1 aromatic rings. The number of ether oxygens (including phenoxy) is 2. The van der Waals surface area contributed by atoms with Gasteiger partial charge in [0.15, 0.2) is 11.9 Å². The Kier molecular flexibility index (Phi) is 6.50. The fraction of sp³-hybridized carbons (Fsp3) is 0.417. The summed E-state index contributed by atoms with van der Waals surface area (Å²) in [5.41, 5.74) is -0.411. The highest BCUT2D eigenvalue weighted by Crippen LogP contribution is 2.32. The van der Waals surface area contributed by atoms with Crippen LogP contribution in [0.5, 0.6) is 5.75 Å². The molecule has 0 aliphatic rings. The molecular formula is C12H13BrFNO6. The number of aliphatic carboxylic acids is 1. The highest BCUT2D eigenvalue weighted by molar-refractivity contribution is 9.10. The van der Waals surface area contributed by atoms with Crippen molar-refractivity contribution in [1.29, 1.82) is 0 Å². The summed E-state index contributed by atoms with van der Waals surface area (Å²) in [5.74, 6) is -2.13. The van der Waals surface area contributed by atoms with E-state index in [4.69, 9.17) is 14.6 Å². The molecule has 0 amide bonds. The number of benzene rings is 1. The van der Waals surface area contributed by atoms with Gasteiger partial charge < -0.3 is 14.6 Å². The molecule has 1 N–H and O–H groups in total. The number of carboxylic acids is 1. The summed E-state index contributed by atoms with van der Waals surface area (Å²) in [4.78, 5) is 21.0. The molecule has 0 heterocycles. The third kappa shape index (κ3) is 4.94. The van der Waals surface area contributed by atoms with E-state index >= 15 is 0 Å². The van der Waals surface area contributed by atoms with Crippen molar-refractivity contribution < 1.29 is 28.7 Å². The van der Waals surface area contributed by atoms with Gasteiger partial charge in [-0.25, -0.2) is 9.18 Å². The number of hydrogen-bond acceptors (Lipinski definition) is 5. The van der Waals surface area contributed by atoms with Crippen LogP contribution in [0.3, 0.4) is 0 Å². The van der Waals surface area contributed by atoms with Crippen LogP contribution in [0.4, 0.5) is 10.1 Å². The Bertz CT molecular complexity index is 539. The predicted molar refractivity (Wildman–Crippen MR) is 73.9 cm³/mol. The van der Waals surface area contributed by atoms with Gasteiger partial charge in [0, 0.05) is 25.2 Å². The Morgan fingerprint density at radius 3 is 2.76 bits per heavy atom. The molecule has 0 aromatic heterocycles. The molecule has 0 saturated carbocycles. The van der Waals surface area contributed by atoms with Crippen molar-refractivity contribution in [3.63, 3.8) is 0 Å². The maximum Gasteiger partial charge on any atom is 0.332 e. The first-order chi connectivity index (χ1) is 9.86. The third-order valence-corrected chi connectivity index (χ3v) is 3.09. The standard InChI is InChI=1S/C12H13BrFNO6/c1-2-20-10(12(16)17)3-4-21-11-6-8(14)7(13)5-9(11)15(18)19/h5-6,10H,2-4H2,1H3,(H,16,17). The van der Waals surface area contributed by atoms with Gasteiger partial charge in [-0.2, -0.15) is 0 Å². The molecule has 0 radical (unpaired) electrons. The molecule has 0 bridgehead atoms. The Morgan fingerprint density at radius 1 is 1.57 bits per heavy atom. The Hall–Kier alpha value is -1.74. The Labute approximate surface area is 127 Å². The van der Waals surface area contributed by atoms with Gasteiger partial charge in [0.1, 0.15) is 5.82 Å². The van der Waals surface area contributed by atoms with Crippen molar-refractivity contribution in [2.24, 2.45) is 0 Å². The molecule has 9 heteroatoms. The fourth-order valence-corrected chi connectivity index (χ4v) is 1.86. The zero-order valence-corrected chi connectivity index (χ0v) is 12.6. The van der Waals surface area contributed by atoms with Crippen molar-refractivity contribution in [2.75, 3.05) is 13.2 Å². The molecule has 116 valence electrons. The molecule has 1 unspecified atom stereocenters. The SMILES string of the molecule is CCOC(CCOc1cc(F)c(Br)cc1[N+](=O)[O-])C(=O)O. The van der Waals surface area contributed by atoms with E-state index in [2.05, 4.69) is 15.9 Å². The molecule has 21 heavy (non-hydrogen) atoms. The van der Waals surface area contributed by atoms with Crippen molar-refractivity contribution in [3.8, 4) is 5.75 Å². The fourth-order valence-electron chi connectivity index (χ4n) is 1.53. The summed E-state index contributed by atoms with van der Waals surface area (Å²) >= 11 is 2.85. The largest absolute Gasteiger partial charge is 0.487 e. The molecule has 1 atom stereocenters. The van der Waals surface area contributed by atoms with E-state index in [1.807, 2.05) is 0 Å².